The number of rotatable bonds is 2. The second kappa shape index (κ2) is 4.44. The standard InChI is InChI=1S/C14H19FO/c1-14(15,11-6-3-2-4-7-11)12-8-5-9-13(16)10-12/h5,8-11,16H,2-4,6-7H2,1H3. The molecule has 1 fully saturated rings. The van der Waals surface area contributed by atoms with Gasteiger partial charge in [-0.3, -0.25) is 0 Å². The molecule has 1 saturated carbocycles. The third-order valence-corrected chi connectivity index (χ3v) is 3.78. The lowest BCUT2D eigenvalue weighted by Gasteiger charge is -2.33. The van der Waals surface area contributed by atoms with E-state index in [-0.39, 0.29) is 11.7 Å². The van der Waals surface area contributed by atoms with Gasteiger partial charge in [-0.2, -0.15) is 0 Å². The van der Waals surface area contributed by atoms with Crippen LogP contribution in [-0.4, -0.2) is 5.11 Å². The minimum atomic E-state index is -1.31. The summed E-state index contributed by atoms with van der Waals surface area (Å²) in [4.78, 5) is 0. The summed E-state index contributed by atoms with van der Waals surface area (Å²) < 4.78 is 14.8. The summed E-state index contributed by atoms with van der Waals surface area (Å²) in [5, 5.41) is 9.41. The minimum Gasteiger partial charge on any atom is -0.508 e. The van der Waals surface area contributed by atoms with Gasteiger partial charge in [0.25, 0.3) is 0 Å². The van der Waals surface area contributed by atoms with Crippen LogP contribution in [0.1, 0.15) is 44.6 Å². The number of hydrogen-bond acceptors (Lipinski definition) is 1. The Morgan fingerprint density at radius 2 is 1.94 bits per heavy atom. The van der Waals surface area contributed by atoms with Crippen LogP contribution in [0.2, 0.25) is 0 Å². The normalized spacial score (nSPS) is 21.6. The van der Waals surface area contributed by atoms with Crippen molar-refractivity contribution < 1.29 is 9.50 Å². The molecule has 1 aliphatic carbocycles. The Labute approximate surface area is 96.3 Å². The first kappa shape index (κ1) is 11.4. The van der Waals surface area contributed by atoms with Gasteiger partial charge in [0.2, 0.25) is 0 Å². The average molecular weight is 222 g/mol. The Balaban J connectivity index is 2.22. The zero-order valence-corrected chi connectivity index (χ0v) is 9.75. The van der Waals surface area contributed by atoms with E-state index in [9.17, 15) is 9.50 Å². The first-order valence-corrected chi connectivity index (χ1v) is 6.09. The summed E-state index contributed by atoms with van der Waals surface area (Å²) in [6.45, 7) is 1.65. The lowest BCUT2D eigenvalue weighted by Crippen LogP contribution is -2.28. The van der Waals surface area contributed by atoms with Gasteiger partial charge in [-0.05, 0) is 43.4 Å². The van der Waals surface area contributed by atoms with E-state index >= 15 is 0 Å². The number of halogens is 1. The zero-order chi connectivity index (χ0) is 11.6. The van der Waals surface area contributed by atoms with Crippen molar-refractivity contribution in [1.82, 2.24) is 0 Å². The molecule has 0 aromatic heterocycles. The lowest BCUT2D eigenvalue weighted by atomic mass is 9.75. The molecule has 0 amide bonds. The Kier molecular flexibility index (Phi) is 3.17. The minimum absolute atomic E-state index is 0.100. The van der Waals surface area contributed by atoms with Crippen LogP contribution in [0.4, 0.5) is 4.39 Å². The van der Waals surface area contributed by atoms with E-state index in [1.165, 1.54) is 6.42 Å². The first-order chi connectivity index (χ1) is 7.60. The van der Waals surface area contributed by atoms with Crippen molar-refractivity contribution in [3.8, 4) is 5.75 Å². The lowest BCUT2D eigenvalue weighted by molar-refractivity contribution is 0.0723. The van der Waals surface area contributed by atoms with Gasteiger partial charge in [-0.25, -0.2) is 4.39 Å². The van der Waals surface area contributed by atoms with Crippen molar-refractivity contribution in [2.75, 3.05) is 0 Å². The Hall–Kier alpha value is -1.05. The molecule has 0 spiro atoms. The molecule has 88 valence electrons. The fourth-order valence-electron chi connectivity index (χ4n) is 2.69. The third-order valence-electron chi connectivity index (χ3n) is 3.78. The number of phenolic OH excluding ortho intramolecular Hbond substituents is 1. The van der Waals surface area contributed by atoms with Gasteiger partial charge in [0.15, 0.2) is 0 Å². The van der Waals surface area contributed by atoms with Crippen molar-refractivity contribution in [3.05, 3.63) is 29.8 Å². The molecule has 1 aromatic carbocycles. The van der Waals surface area contributed by atoms with Crippen LogP contribution in [0.3, 0.4) is 0 Å². The fourth-order valence-corrected chi connectivity index (χ4v) is 2.69. The molecule has 2 heteroatoms. The predicted molar refractivity (Wildman–Crippen MR) is 63.1 cm³/mol. The molecule has 16 heavy (non-hydrogen) atoms. The molecule has 1 unspecified atom stereocenters. The number of phenols is 1. The predicted octanol–water partition coefficient (Wildman–Crippen LogP) is 4.16. The van der Waals surface area contributed by atoms with Crippen LogP contribution in [-0.2, 0) is 5.67 Å². The molecular formula is C14H19FO. The summed E-state index contributed by atoms with van der Waals surface area (Å²) in [5.74, 6) is 0.250. The molecule has 0 aliphatic heterocycles. The summed E-state index contributed by atoms with van der Waals surface area (Å²) in [5.41, 5.74) is -0.696. The van der Waals surface area contributed by atoms with Gasteiger partial charge in [0.1, 0.15) is 11.4 Å². The number of hydrogen-bond donors (Lipinski definition) is 1. The molecule has 2 rings (SSSR count). The van der Waals surface area contributed by atoms with Crippen LogP contribution in [0, 0.1) is 5.92 Å². The van der Waals surface area contributed by atoms with Crippen LogP contribution in [0.25, 0.3) is 0 Å². The number of benzene rings is 1. The van der Waals surface area contributed by atoms with Crippen molar-refractivity contribution in [1.29, 1.82) is 0 Å². The molecule has 1 N–H and O–H groups in total. The maximum Gasteiger partial charge on any atom is 0.136 e. The van der Waals surface area contributed by atoms with Crippen molar-refractivity contribution in [2.45, 2.75) is 44.7 Å². The molecule has 1 nitrogen and oxygen atoms in total. The summed E-state index contributed by atoms with van der Waals surface area (Å²) >= 11 is 0. The van der Waals surface area contributed by atoms with E-state index in [1.807, 2.05) is 0 Å². The monoisotopic (exact) mass is 222 g/mol. The van der Waals surface area contributed by atoms with Crippen LogP contribution < -0.4 is 0 Å². The number of aromatic hydroxyl groups is 1. The number of alkyl halides is 1. The Morgan fingerprint density at radius 3 is 2.56 bits per heavy atom. The highest BCUT2D eigenvalue weighted by Gasteiger charge is 2.36. The molecule has 1 atom stereocenters. The van der Waals surface area contributed by atoms with E-state index in [2.05, 4.69) is 0 Å². The summed E-state index contributed by atoms with van der Waals surface area (Å²) in [6, 6.07) is 6.62. The van der Waals surface area contributed by atoms with Gasteiger partial charge in [0.05, 0.1) is 0 Å². The Bertz CT molecular complexity index is 354. The van der Waals surface area contributed by atoms with Crippen molar-refractivity contribution >= 4 is 0 Å². The highest BCUT2D eigenvalue weighted by molar-refractivity contribution is 5.31. The smallest absolute Gasteiger partial charge is 0.136 e. The van der Waals surface area contributed by atoms with Gasteiger partial charge in [-0.1, -0.05) is 31.4 Å². The second-order valence-corrected chi connectivity index (χ2v) is 4.96. The van der Waals surface area contributed by atoms with E-state index in [4.69, 9.17) is 0 Å². The molecule has 0 saturated heterocycles. The molecule has 0 radical (unpaired) electrons. The van der Waals surface area contributed by atoms with E-state index < -0.39 is 5.67 Å². The first-order valence-electron chi connectivity index (χ1n) is 6.09. The molecule has 0 bridgehead atoms. The molecule has 1 aliphatic rings. The van der Waals surface area contributed by atoms with Gasteiger partial charge in [0, 0.05) is 0 Å². The maximum absolute atomic E-state index is 14.8. The fraction of sp³-hybridized carbons (Fsp3) is 0.571. The molecule has 0 heterocycles. The van der Waals surface area contributed by atoms with Gasteiger partial charge in [-0.15, -0.1) is 0 Å². The van der Waals surface area contributed by atoms with E-state index in [1.54, 1.807) is 31.2 Å². The second-order valence-electron chi connectivity index (χ2n) is 4.96. The van der Waals surface area contributed by atoms with E-state index in [0.717, 1.165) is 25.7 Å². The van der Waals surface area contributed by atoms with Crippen LogP contribution in [0.15, 0.2) is 24.3 Å². The maximum atomic E-state index is 14.8. The largest absolute Gasteiger partial charge is 0.508 e. The topological polar surface area (TPSA) is 20.2 Å². The van der Waals surface area contributed by atoms with Crippen molar-refractivity contribution in [2.24, 2.45) is 5.92 Å². The average Bonchev–Trinajstić information content (AvgIpc) is 2.30. The molecular weight excluding hydrogens is 203 g/mol. The summed E-state index contributed by atoms with van der Waals surface area (Å²) in [7, 11) is 0. The quantitative estimate of drug-likeness (QED) is 0.796. The summed E-state index contributed by atoms with van der Waals surface area (Å²) in [6.07, 6.45) is 5.41. The van der Waals surface area contributed by atoms with Gasteiger partial charge < -0.3 is 5.11 Å². The zero-order valence-electron chi connectivity index (χ0n) is 9.75. The van der Waals surface area contributed by atoms with E-state index in [0.29, 0.717) is 5.56 Å². The van der Waals surface area contributed by atoms with Crippen LogP contribution in [0.5, 0.6) is 5.75 Å². The SMILES string of the molecule is CC(F)(c1cccc(O)c1)C1CCCCC1. The van der Waals surface area contributed by atoms with Crippen LogP contribution >= 0.6 is 0 Å². The van der Waals surface area contributed by atoms with Gasteiger partial charge >= 0.3 is 0 Å². The van der Waals surface area contributed by atoms with Crippen molar-refractivity contribution in [3.63, 3.8) is 0 Å². The molecule has 1 aromatic rings. The third kappa shape index (κ3) is 2.21. The Morgan fingerprint density at radius 1 is 1.25 bits per heavy atom. The highest BCUT2D eigenvalue weighted by atomic mass is 19.1. The highest BCUT2D eigenvalue weighted by Crippen LogP contribution is 2.42.